The highest BCUT2D eigenvalue weighted by molar-refractivity contribution is 5.88. The van der Waals surface area contributed by atoms with Crippen LogP contribution >= 0.6 is 0 Å². The summed E-state index contributed by atoms with van der Waals surface area (Å²) in [5.74, 6) is -0.0471. The Morgan fingerprint density at radius 3 is 2.35 bits per heavy atom. The first-order chi connectivity index (χ1) is 15.1. The van der Waals surface area contributed by atoms with E-state index in [2.05, 4.69) is 4.98 Å². The molecule has 7 nitrogen and oxygen atoms in total. The van der Waals surface area contributed by atoms with Crippen LogP contribution in [0.1, 0.15) is 10.4 Å². The van der Waals surface area contributed by atoms with Crippen LogP contribution in [0.3, 0.4) is 0 Å². The molecule has 0 spiro atoms. The lowest BCUT2D eigenvalue weighted by Gasteiger charge is -2.11. The van der Waals surface area contributed by atoms with Crippen molar-refractivity contribution in [1.29, 1.82) is 0 Å². The molecule has 0 saturated carbocycles. The third-order valence-corrected chi connectivity index (χ3v) is 5.03. The number of aromatic carboxylic acids is 1. The Balaban J connectivity index is 1.79. The molecule has 3 heterocycles. The molecule has 0 amide bonds. The molecular formula is C24H17N5O2. The van der Waals surface area contributed by atoms with Crippen molar-refractivity contribution >= 4 is 23.0 Å². The average molecular weight is 407 g/mol. The van der Waals surface area contributed by atoms with Crippen LogP contribution in [0.5, 0.6) is 0 Å². The van der Waals surface area contributed by atoms with Gasteiger partial charge in [-0.05, 0) is 48.5 Å². The molecule has 0 aliphatic heterocycles. The monoisotopic (exact) mass is 407 g/mol. The predicted molar refractivity (Wildman–Crippen MR) is 119 cm³/mol. The summed E-state index contributed by atoms with van der Waals surface area (Å²) in [6.07, 6.45) is 1.62. The quantitative estimate of drug-likeness (QED) is 0.456. The van der Waals surface area contributed by atoms with Crippen LogP contribution in [0.25, 0.3) is 39.5 Å². The van der Waals surface area contributed by atoms with Gasteiger partial charge in [-0.2, -0.15) is 0 Å². The predicted octanol–water partition coefficient (Wildman–Crippen LogP) is 4.43. The molecule has 150 valence electrons. The van der Waals surface area contributed by atoms with Crippen LogP contribution in [0.4, 0.5) is 5.82 Å². The van der Waals surface area contributed by atoms with E-state index in [9.17, 15) is 9.90 Å². The number of pyridine rings is 2. The number of nitrogen functional groups attached to an aromatic ring is 1. The minimum atomic E-state index is -0.983. The lowest BCUT2D eigenvalue weighted by Crippen LogP contribution is -2.03. The van der Waals surface area contributed by atoms with E-state index in [-0.39, 0.29) is 5.56 Å². The van der Waals surface area contributed by atoms with Crippen molar-refractivity contribution < 1.29 is 9.90 Å². The molecule has 0 atom stereocenters. The Bertz CT molecular complexity index is 1410. The summed E-state index contributed by atoms with van der Waals surface area (Å²) in [4.78, 5) is 25.1. The fourth-order valence-electron chi connectivity index (χ4n) is 3.51. The van der Waals surface area contributed by atoms with Crippen molar-refractivity contribution in [1.82, 2.24) is 19.5 Å². The number of nitrogens with zero attached hydrogens (tertiary/aromatic N) is 4. The van der Waals surface area contributed by atoms with Gasteiger partial charge in [-0.25, -0.2) is 19.7 Å². The summed E-state index contributed by atoms with van der Waals surface area (Å²) in [5, 5.41) is 9.25. The van der Waals surface area contributed by atoms with Gasteiger partial charge in [-0.1, -0.05) is 30.3 Å². The highest BCUT2D eigenvalue weighted by atomic mass is 16.4. The maximum absolute atomic E-state index is 11.3. The number of rotatable bonds is 4. The smallest absolute Gasteiger partial charge is 0.335 e. The van der Waals surface area contributed by atoms with Gasteiger partial charge in [0.15, 0.2) is 11.5 Å². The van der Waals surface area contributed by atoms with E-state index >= 15 is 0 Å². The zero-order valence-corrected chi connectivity index (χ0v) is 16.3. The van der Waals surface area contributed by atoms with Crippen molar-refractivity contribution in [3.8, 4) is 28.3 Å². The molecule has 0 radical (unpaired) electrons. The van der Waals surface area contributed by atoms with Gasteiger partial charge in [0.1, 0.15) is 11.3 Å². The first-order valence-corrected chi connectivity index (χ1v) is 9.61. The lowest BCUT2D eigenvalue weighted by atomic mass is 10.1. The van der Waals surface area contributed by atoms with E-state index in [4.69, 9.17) is 15.7 Å². The molecule has 0 bridgehead atoms. The largest absolute Gasteiger partial charge is 0.478 e. The number of fused-ring (bicyclic) bond motifs is 1. The van der Waals surface area contributed by atoms with Gasteiger partial charge in [0.05, 0.1) is 16.8 Å². The number of carboxylic acids is 1. The van der Waals surface area contributed by atoms with Gasteiger partial charge in [-0.15, -0.1) is 0 Å². The summed E-state index contributed by atoms with van der Waals surface area (Å²) in [7, 11) is 0. The summed E-state index contributed by atoms with van der Waals surface area (Å²) in [5.41, 5.74) is 10.9. The van der Waals surface area contributed by atoms with Crippen LogP contribution in [-0.2, 0) is 0 Å². The third kappa shape index (κ3) is 3.28. The molecule has 3 aromatic heterocycles. The van der Waals surface area contributed by atoms with Crippen molar-refractivity contribution in [3.63, 3.8) is 0 Å². The summed E-state index contributed by atoms with van der Waals surface area (Å²) in [6.45, 7) is 0. The van der Waals surface area contributed by atoms with Crippen molar-refractivity contribution in [2.75, 3.05) is 5.73 Å². The molecule has 0 saturated heterocycles. The van der Waals surface area contributed by atoms with E-state index in [1.165, 1.54) is 0 Å². The molecular weight excluding hydrogens is 390 g/mol. The summed E-state index contributed by atoms with van der Waals surface area (Å²) in [6, 6.07) is 24.0. The Morgan fingerprint density at radius 1 is 0.871 bits per heavy atom. The van der Waals surface area contributed by atoms with Gasteiger partial charge in [0.2, 0.25) is 0 Å². The number of hydrogen-bond acceptors (Lipinski definition) is 5. The molecule has 5 aromatic rings. The first-order valence-electron chi connectivity index (χ1n) is 9.61. The van der Waals surface area contributed by atoms with Crippen LogP contribution < -0.4 is 5.73 Å². The fraction of sp³-hybridized carbons (Fsp3) is 0. The minimum absolute atomic E-state index is 0.202. The van der Waals surface area contributed by atoms with Gasteiger partial charge in [0.25, 0.3) is 0 Å². The number of benzene rings is 2. The lowest BCUT2D eigenvalue weighted by molar-refractivity contribution is 0.0697. The second kappa shape index (κ2) is 7.38. The zero-order valence-electron chi connectivity index (χ0n) is 16.3. The van der Waals surface area contributed by atoms with E-state index in [1.54, 1.807) is 36.5 Å². The van der Waals surface area contributed by atoms with Crippen molar-refractivity contribution in [2.45, 2.75) is 0 Å². The van der Waals surface area contributed by atoms with Crippen molar-refractivity contribution in [3.05, 3.63) is 90.6 Å². The minimum Gasteiger partial charge on any atom is -0.478 e. The van der Waals surface area contributed by atoms with Crippen LogP contribution in [0.15, 0.2) is 85.1 Å². The van der Waals surface area contributed by atoms with E-state index in [0.29, 0.717) is 28.4 Å². The van der Waals surface area contributed by atoms with Crippen LogP contribution in [0.2, 0.25) is 0 Å². The number of carboxylic acid groups (broad SMARTS) is 1. The third-order valence-electron chi connectivity index (χ3n) is 5.03. The van der Waals surface area contributed by atoms with Gasteiger partial charge < -0.3 is 10.8 Å². The molecule has 0 unspecified atom stereocenters. The standard InChI is InChI=1S/C24H17N5O2/c25-21-18(7-4-14-26-21)22-28-20-13-12-19(15-5-2-1-3-6-15)27-23(20)29(22)17-10-8-16(9-11-17)24(30)31/h1-14H,(H2,25,26)(H,30,31). The maximum Gasteiger partial charge on any atom is 0.335 e. The highest BCUT2D eigenvalue weighted by Gasteiger charge is 2.19. The molecule has 31 heavy (non-hydrogen) atoms. The van der Waals surface area contributed by atoms with Crippen molar-refractivity contribution in [2.24, 2.45) is 0 Å². The molecule has 0 fully saturated rings. The normalized spacial score (nSPS) is 11.0. The number of carbonyl (C=O) groups is 1. The molecule has 7 heteroatoms. The molecule has 5 rings (SSSR count). The maximum atomic E-state index is 11.3. The number of anilines is 1. The van der Waals surface area contributed by atoms with Crippen LogP contribution in [-0.4, -0.2) is 30.6 Å². The summed E-state index contributed by atoms with van der Waals surface area (Å²) >= 11 is 0. The van der Waals surface area contributed by atoms with E-state index < -0.39 is 5.97 Å². The second-order valence-electron chi connectivity index (χ2n) is 6.96. The number of aromatic nitrogens is 4. The average Bonchev–Trinajstić information content (AvgIpc) is 3.18. The van der Waals surface area contributed by atoms with Crippen LogP contribution in [0, 0.1) is 0 Å². The first kappa shape index (κ1) is 18.5. The van der Waals surface area contributed by atoms with Gasteiger partial charge >= 0.3 is 5.97 Å². The topological polar surface area (TPSA) is 107 Å². The fourth-order valence-corrected chi connectivity index (χ4v) is 3.51. The number of nitrogens with two attached hydrogens (primary N) is 1. The van der Waals surface area contributed by atoms with E-state index in [1.807, 2.05) is 53.1 Å². The number of hydrogen-bond donors (Lipinski definition) is 2. The molecule has 0 aliphatic rings. The second-order valence-corrected chi connectivity index (χ2v) is 6.96. The zero-order chi connectivity index (χ0) is 21.4. The Morgan fingerprint density at radius 2 is 1.65 bits per heavy atom. The Kier molecular flexibility index (Phi) is 4.41. The molecule has 3 N–H and O–H groups in total. The Hall–Kier alpha value is -4.52. The van der Waals surface area contributed by atoms with E-state index in [0.717, 1.165) is 16.9 Å². The molecule has 0 aliphatic carbocycles. The number of imidazole rings is 1. The Labute approximate surface area is 177 Å². The van der Waals surface area contributed by atoms with Gasteiger partial charge in [-0.3, -0.25) is 4.57 Å². The molecule has 2 aromatic carbocycles. The SMILES string of the molecule is Nc1ncccc1-c1nc2ccc(-c3ccccc3)nc2n1-c1ccc(C(=O)O)cc1. The highest BCUT2D eigenvalue weighted by Crippen LogP contribution is 2.31. The van der Waals surface area contributed by atoms with Gasteiger partial charge in [0, 0.05) is 17.4 Å². The summed E-state index contributed by atoms with van der Waals surface area (Å²) < 4.78 is 1.88.